The van der Waals surface area contributed by atoms with Crippen molar-refractivity contribution in [3.8, 4) is 0 Å². The number of alkyl halides is 3. The summed E-state index contributed by atoms with van der Waals surface area (Å²) >= 11 is 16.4. The van der Waals surface area contributed by atoms with Crippen LogP contribution in [0.25, 0.3) is 0 Å². The van der Waals surface area contributed by atoms with Gasteiger partial charge in [0.1, 0.15) is 6.61 Å². The number of Topliss-reactive ketones (excluding diaryl/α,β-unsaturated/α-hetero) is 2. The van der Waals surface area contributed by atoms with Crippen LogP contribution in [0.15, 0.2) is 35.4 Å². The maximum atomic E-state index is 12.5. The van der Waals surface area contributed by atoms with E-state index < -0.39 is 9.89 Å². The van der Waals surface area contributed by atoms with Crippen molar-refractivity contribution in [3.05, 3.63) is 46.5 Å². The highest BCUT2D eigenvalue weighted by Gasteiger charge is 2.29. The molecule has 1 amide bonds. The first-order valence-electron chi connectivity index (χ1n) is 7.56. The Morgan fingerprint density at radius 2 is 1.72 bits per heavy atom. The van der Waals surface area contributed by atoms with Crippen molar-refractivity contribution in [3.63, 3.8) is 0 Å². The molecule has 134 valence electrons. The number of carbonyl (C=O) groups is 3. The van der Waals surface area contributed by atoms with Gasteiger partial charge in [0.2, 0.25) is 3.79 Å². The zero-order valence-corrected chi connectivity index (χ0v) is 15.7. The highest BCUT2D eigenvalue weighted by Crippen LogP contribution is 2.28. The second kappa shape index (κ2) is 8.21. The first-order chi connectivity index (χ1) is 11.7. The fraction of sp³-hybridized carbons (Fsp3) is 0.353. The molecule has 1 aliphatic carbocycles. The van der Waals surface area contributed by atoms with E-state index in [0.29, 0.717) is 35.1 Å². The van der Waals surface area contributed by atoms with Crippen LogP contribution in [0.3, 0.4) is 0 Å². The van der Waals surface area contributed by atoms with Crippen molar-refractivity contribution in [2.75, 3.05) is 13.2 Å². The zero-order valence-electron chi connectivity index (χ0n) is 13.4. The molecule has 2 rings (SSSR count). The number of alkyl carbamates (subject to hydrolysis) is 1. The van der Waals surface area contributed by atoms with Crippen molar-refractivity contribution >= 4 is 52.5 Å². The van der Waals surface area contributed by atoms with Crippen LogP contribution >= 0.6 is 34.8 Å². The van der Waals surface area contributed by atoms with Gasteiger partial charge in [0.15, 0.2) is 11.6 Å². The minimum atomic E-state index is -1.67. The summed E-state index contributed by atoms with van der Waals surface area (Å²) in [6.45, 7) is 1.55. The molecule has 0 spiro atoms. The van der Waals surface area contributed by atoms with Gasteiger partial charge in [-0.3, -0.25) is 9.59 Å². The summed E-state index contributed by atoms with van der Waals surface area (Å²) in [7, 11) is 0. The topological polar surface area (TPSA) is 72.5 Å². The smallest absolute Gasteiger partial charge is 0.407 e. The number of amides is 1. The zero-order chi connectivity index (χ0) is 18.6. The van der Waals surface area contributed by atoms with E-state index in [2.05, 4.69) is 5.32 Å². The molecular weight excluding hydrogens is 389 g/mol. The van der Waals surface area contributed by atoms with E-state index in [1.807, 2.05) is 0 Å². The number of allylic oxidation sites excluding steroid dienone is 2. The minimum absolute atomic E-state index is 0.139. The Kier molecular flexibility index (Phi) is 6.49. The molecule has 0 bridgehead atoms. The molecule has 1 aromatic carbocycles. The van der Waals surface area contributed by atoms with Gasteiger partial charge in [-0.25, -0.2) is 4.79 Å². The van der Waals surface area contributed by atoms with E-state index in [1.54, 1.807) is 31.2 Å². The average Bonchev–Trinajstić information content (AvgIpc) is 2.56. The molecule has 0 atom stereocenters. The molecule has 0 heterocycles. The van der Waals surface area contributed by atoms with Crippen molar-refractivity contribution in [2.24, 2.45) is 0 Å². The number of hydrogen-bond donors (Lipinski definition) is 1. The van der Waals surface area contributed by atoms with Crippen molar-refractivity contribution in [2.45, 2.75) is 23.6 Å². The second-order valence-corrected chi connectivity index (χ2v) is 8.05. The predicted molar refractivity (Wildman–Crippen MR) is 96.7 cm³/mol. The van der Waals surface area contributed by atoms with E-state index in [-0.39, 0.29) is 24.7 Å². The van der Waals surface area contributed by atoms with Gasteiger partial charge in [-0.15, -0.1) is 0 Å². The number of ether oxygens (including phenoxy) is 1. The monoisotopic (exact) mass is 403 g/mol. The third-order valence-corrected chi connectivity index (χ3v) is 4.05. The molecular formula is C17H16Cl3NO4. The van der Waals surface area contributed by atoms with Gasteiger partial charge in [-0.05, 0) is 19.8 Å². The number of fused-ring (bicyclic) bond motifs is 1. The molecule has 0 saturated carbocycles. The lowest BCUT2D eigenvalue weighted by molar-refractivity contribution is 0.0971. The Hall–Kier alpha value is -1.56. The first kappa shape index (κ1) is 19.8. The van der Waals surface area contributed by atoms with Crippen molar-refractivity contribution in [1.29, 1.82) is 0 Å². The Bertz CT molecular complexity index is 738. The van der Waals surface area contributed by atoms with Crippen LogP contribution in [-0.2, 0) is 4.74 Å². The molecule has 25 heavy (non-hydrogen) atoms. The molecule has 0 fully saturated rings. The van der Waals surface area contributed by atoms with E-state index >= 15 is 0 Å². The summed E-state index contributed by atoms with van der Waals surface area (Å²) < 4.78 is 3.06. The van der Waals surface area contributed by atoms with Crippen LogP contribution < -0.4 is 5.32 Å². The number of hydrogen-bond acceptors (Lipinski definition) is 4. The number of rotatable bonds is 5. The molecule has 0 aromatic heterocycles. The summed E-state index contributed by atoms with van der Waals surface area (Å²) in [6, 6.07) is 6.76. The largest absolute Gasteiger partial charge is 0.445 e. The first-order valence-corrected chi connectivity index (χ1v) is 8.69. The van der Waals surface area contributed by atoms with Gasteiger partial charge in [0, 0.05) is 28.8 Å². The van der Waals surface area contributed by atoms with Crippen LogP contribution in [0, 0.1) is 0 Å². The van der Waals surface area contributed by atoms with Crippen LogP contribution in [0.5, 0.6) is 0 Å². The van der Waals surface area contributed by atoms with Gasteiger partial charge in [-0.1, -0.05) is 59.1 Å². The van der Waals surface area contributed by atoms with Gasteiger partial charge in [0.05, 0.1) is 0 Å². The molecule has 0 saturated heterocycles. The minimum Gasteiger partial charge on any atom is -0.445 e. The van der Waals surface area contributed by atoms with Gasteiger partial charge in [-0.2, -0.15) is 0 Å². The van der Waals surface area contributed by atoms with Crippen LogP contribution in [0.4, 0.5) is 4.79 Å². The molecule has 0 aliphatic heterocycles. The molecule has 1 N–H and O–H groups in total. The fourth-order valence-electron chi connectivity index (χ4n) is 2.51. The highest BCUT2D eigenvalue weighted by molar-refractivity contribution is 6.67. The van der Waals surface area contributed by atoms with Crippen LogP contribution in [0.2, 0.25) is 0 Å². The van der Waals surface area contributed by atoms with Crippen LogP contribution in [-0.4, -0.2) is 34.6 Å². The van der Waals surface area contributed by atoms with Gasteiger partial charge in [0.25, 0.3) is 0 Å². The van der Waals surface area contributed by atoms with Crippen molar-refractivity contribution in [1.82, 2.24) is 5.32 Å². The predicted octanol–water partition coefficient (Wildman–Crippen LogP) is 4.26. The number of ketones is 2. The maximum absolute atomic E-state index is 12.5. The van der Waals surface area contributed by atoms with E-state index in [1.165, 1.54) is 0 Å². The number of halogens is 3. The SMILES string of the molecule is CC1=C(CCCNC(=O)OCC(Cl)(Cl)Cl)C(=O)c2ccccc2C1=O. The average molecular weight is 405 g/mol. The quantitative estimate of drug-likeness (QED) is 0.588. The lowest BCUT2D eigenvalue weighted by Gasteiger charge is -2.19. The summed E-state index contributed by atoms with van der Waals surface area (Å²) in [5.74, 6) is -0.285. The Morgan fingerprint density at radius 1 is 1.12 bits per heavy atom. The normalized spacial score (nSPS) is 14.4. The maximum Gasteiger partial charge on any atom is 0.407 e. The second-order valence-electron chi connectivity index (χ2n) is 5.53. The Morgan fingerprint density at radius 3 is 2.32 bits per heavy atom. The Labute approximate surface area is 160 Å². The third-order valence-electron chi connectivity index (χ3n) is 3.72. The van der Waals surface area contributed by atoms with E-state index in [0.717, 1.165) is 0 Å². The van der Waals surface area contributed by atoms with Crippen molar-refractivity contribution < 1.29 is 19.1 Å². The molecule has 1 aliphatic rings. The van der Waals surface area contributed by atoms with E-state index in [4.69, 9.17) is 39.5 Å². The number of carbonyl (C=O) groups excluding carboxylic acids is 3. The molecule has 5 nitrogen and oxygen atoms in total. The summed E-state index contributed by atoms with van der Waals surface area (Å²) in [5.41, 5.74) is 1.77. The lowest BCUT2D eigenvalue weighted by Crippen LogP contribution is -2.29. The number of benzene rings is 1. The van der Waals surface area contributed by atoms with Crippen LogP contribution in [0.1, 0.15) is 40.5 Å². The highest BCUT2D eigenvalue weighted by atomic mass is 35.6. The van der Waals surface area contributed by atoms with Gasteiger partial charge < -0.3 is 10.1 Å². The third kappa shape index (κ3) is 5.21. The standard InChI is InChI=1S/C17H16Cl3NO4/c1-10-11(7-4-8-21-16(24)25-9-17(18,19)20)15(23)13-6-3-2-5-12(13)14(10)22/h2-3,5-6H,4,7-9H2,1H3,(H,21,24). The lowest BCUT2D eigenvalue weighted by atomic mass is 9.83. The Balaban J connectivity index is 1.89. The van der Waals surface area contributed by atoms with Gasteiger partial charge >= 0.3 is 6.09 Å². The van der Waals surface area contributed by atoms with E-state index in [9.17, 15) is 14.4 Å². The molecule has 1 aromatic rings. The molecule has 8 heteroatoms. The molecule has 0 radical (unpaired) electrons. The number of nitrogens with one attached hydrogen (secondary N) is 1. The summed E-state index contributed by atoms with van der Waals surface area (Å²) in [5, 5.41) is 2.50. The fourth-order valence-corrected chi connectivity index (χ4v) is 2.67. The molecule has 0 unspecified atom stereocenters. The summed E-state index contributed by atoms with van der Waals surface area (Å²) in [6.07, 6.45) is 0.125. The summed E-state index contributed by atoms with van der Waals surface area (Å²) in [4.78, 5) is 36.3.